The van der Waals surface area contributed by atoms with Crippen molar-refractivity contribution in [3.05, 3.63) is 109 Å². The molecule has 1 amide bonds. The van der Waals surface area contributed by atoms with Crippen molar-refractivity contribution in [2.24, 2.45) is 0 Å². The van der Waals surface area contributed by atoms with Gasteiger partial charge in [0.05, 0.1) is 0 Å². The monoisotopic (exact) mass is 440 g/mol. The van der Waals surface area contributed by atoms with E-state index in [-0.39, 0.29) is 17.8 Å². The molecule has 33 heavy (non-hydrogen) atoms. The maximum absolute atomic E-state index is 13.4. The van der Waals surface area contributed by atoms with E-state index in [1.807, 2.05) is 54.0 Å². The molecule has 0 saturated carbocycles. The Morgan fingerprint density at radius 1 is 1.00 bits per heavy atom. The molecular weight excluding hydrogens is 410 g/mol. The van der Waals surface area contributed by atoms with Crippen LogP contribution in [0.15, 0.2) is 97.3 Å². The van der Waals surface area contributed by atoms with Gasteiger partial charge in [-0.1, -0.05) is 54.6 Å². The van der Waals surface area contributed by atoms with Gasteiger partial charge in [-0.25, -0.2) is 0 Å². The summed E-state index contributed by atoms with van der Waals surface area (Å²) in [5, 5.41) is 10.7. The molecule has 0 radical (unpaired) electrons. The summed E-state index contributed by atoms with van der Waals surface area (Å²) in [5.74, 6) is -0.0224. The highest BCUT2D eigenvalue weighted by atomic mass is 16.2. The molecule has 2 heterocycles. The minimum Gasteiger partial charge on any atom is -0.299 e. The molecule has 1 saturated heterocycles. The van der Waals surface area contributed by atoms with Crippen LogP contribution >= 0.6 is 0 Å². The number of para-hydroxylation sites is 1. The number of amides is 1. The predicted octanol–water partition coefficient (Wildman–Crippen LogP) is 3.57. The second-order valence-electron chi connectivity index (χ2n) is 8.20. The lowest BCUT2D eigenvalue weighted by molar-refractivity contribution is -0.496. The third-order valence-electron chi connectivity index (χ3n) is 5.88. The molecule has 0 unspecified atom stereocenters. The lowest BCUT2D eigenvalue weighted by Gasteiger charge is -2.38. The Kier molecular flexibility index (Phi) is 7.74. The number of benzene rings is 2. The van der Waals surface area contributed by atoms with Gasteiger partial charge in [0.1, 0.15) is 23.4 Å². The number of pyridine rings is 1. The highest BCUT2D eigenvalue weighted by Gasteiger charge is 2.31. The van der Waals surface area contributed by atoms with E-state index in [9.17, 15) is 4.79 Å². The number of nitrogens with zero attached hydrogens (tertiary/aromatic N) is 3. The molecule has 1 aliphatic heterocycles. The number of carbonyl (C=O) groups is 1. The lowest BCUT2D eigenvalue weighted by atomic mass is 10.0. The van der Waals surface area contributed by atoms with Crippen LogP contribution in [0.1, 0.15) is 28.9 Å². The zero-order valence-electron chi connectivity index (χ0n) is 18.7. The number of hydrogen-bond donors (Lipinski definition) is 2. The van der Waals surface area contributed by atoms with Crippen molar-refractivity contribution in [2.75, 3.05) is 13.1 Å². The molecule has 0 spiro atoms. The van der Waals surface area contributed by atoms with Crippen LogP contribution in [0.2, 0.25) is 0 Å². The number of amidine groups is 1. The number of piperidine rings is 1. The highest BCUT2D eigenvalue weighted by molar-refractivity contribution is 6.08. The number of nitrogens with one attached hydrogen (secondary N) is 1. The van der Waals surface area contributed by atoms with E-state index in [1.165, 1.54) is 5.56 Å². The van der Waals surface area contributed by atoms with E-state index in [0.29, 0.717) is 5.69 Å². The molecule has 1 aromatic heterocycles. The number of quaternary nitrogens is 1. The van der Waals surface area contributed by atoms with Crippen LogP contribution in [0.25, 0.3) is 0 Å². The predicted molar refractivity (Wildman–Crippen MR) is 130 cm³/mol. The summed E-state index contributed by atoms with van der Waals surface area (Å²) in [6, 6.07) is 25.7. The van der Waals surface area contributed by atoms with Crippen LogP contribution in [-0.4, -0.2) is 45.7 Å². The van der Waals surface area contributed by atoms with E-state index in [4.69, 9.17) is 5.41 Å². The third-order valence-corrected chi connectivity index (χ3v) is 5.88. The first kappa shape index (κ1) is 22.6. The van der Waals surface area contributed by atoms with Crippen molar-refractivity contribution < 1.29 is 10.1 Å². The van der Waals surface area contributed by atoms with Crippen molar-refractivity contribution in [1.29, 1.82) is 5.41 Å². The first-order chi connectivity index (χ1) is 16.2. The van der Waals surface area contributed by atoms with Crippen LogP contribution < -0.4 is 5.32 Å². The first-order valence-corrected chi connectivity index (χ1v) is 11.4. The normalized spacial score (nSPS) is 14.9. The molecular formula is C27H30N5O+. The Bertz CT molecular complexity index is 1060. The summed E-state index contributed by atoms with van der Waals surface area (Å²) in [6.07, 6.45) is 6.80. The number of nitrogens with two attached hydrogens (primary N) is 1. The topological polar surface area (TPSA) is 76.9 Å². The molecule has 6 nitrogen and oxygen atoms in total. The van der Waals surface area contributed by atoms with Crippen LogP contribution in [0.4, 0.5) is 5.69 Å². The van der Waals surface area contributed by atoms with Crippen molar-refractivity contribution in [3.63, 3.8) is 0 Å². The SMILES string of the molecule is N=C(/C=C\[NH2+]c1ccccc1)N(C(=O)c1ccccn1)C1CCN(Cc2ccccc2)CC1. The molecule has 2 aromatic carbocycles. The minimum absolute atomic E-state index is 0.0274. The fraction of sp³-hybridized carbons (Fsp3) is 0.222. The molecule has 0 atom stereocenters. The average molecular weight is 441 g/mol. The minimum atomic E-state index is -0.216. The maximum atomic E-state index is 13.4. The second-order valence-corrected chi connectivity index (χ2v) is 8.20. The lowest BCUT2D eigenvalue weighted by Crippen LogP contribution is -2.71. The average Bonchev–Trinajstić information content (AvgIpc) is 2.87. The van der Waals surface area contributed by atoms with Crippen LogP contribution in [0.5, 0.6) is 0 Å². The smallest absolute Gasteiger partial charge is 0.278 e. The standard InChI is InChI=1S/C27H29N5O/c28-26(14-18-29-23-11-5-2-6-12-23)32(27(33)25-13-7-8-17-30-25)24-15-19-31(20-16-24)21-22-9-3-1-4-10-22/h1-14,17-18,24,28-29H,15-16,19-21H2/p+1/b18-14-,28-26?. The zero-order chi connectivity index (χ0) is 22.9. The summed E-state index contributed by atoms with van der Waals surface area (Å²) in [4.78, 5) is 21.6. The van der Waals surface area contributed by atoms with Crippen molar-refractivity contribution >= 4 is 17.4 Å². The summed E-state index contributed by atoms with van der Waals surface area (Å²) >= 11 is 0. The Balaban J connectivity index is 1.45. The van der Waals surface area contributed by atoms with Gasteiger partial charge in [-0.3, -0.25) is 30.3 Å². The Labute approximate surface area is 195 Å². The van der Waals surface area contributed by atoms with Gasteiger partial charge >= 0.3 is 0 Å². The summed E-state index contributed by atoms with van der Waals surface area (Å²) in [5.41, 5.74) is 2.72. The van der Waals surface area contributed by atoms with E-state index in [2.05, 4.69) is 34.1 Å². The first-order valence-electron chi connectivity index (χ1n) is 11.4. The zero-order valence-corrected chi connectivity index (χ0v) is 18.7. The van der Waals surface area contributed by atoms with Gasteiger partial charge in [-0.05, 0) is 42.7 Å². The van der Waals surface area contributed by atoms with E-state index in [1.54, 1.807) is 29.3 Å². The van der Waals surface area contributed by atoms with Gasteiger partial charge in [0.15, 0.2) is 0 Å². The van der Waals surface area contributed by atoms with E-state index < -0.39 is 0 Å². The number of likely N-dealkylation sites (tertiary alicyclic amines) is 1. The third kappa shape index (κ3) is 6.22. The fourth-order valence-electron chi connectivity index (χ4n) is 4.16. The molecule has 3 N–H and O–H groups in total. The van der Waals surface area contributed by atoms with Crippen LogP contribution in [0.3, 0.4) is 0 Å². The quantitative estimate of drug-likeness (QED) is 0.335. The second kappa shape index (κ2) is 11.3. The molecule has 0 aliphatic carbocycles. The summed E-state index contributed by atoms with van der Waals surface area (Å²) < 4.78 is 0. The van der Waals surface area contributed by atoms with Gasteiger partial charge in [0.2, 0.25) is 0 Å². The van der Waals surface area contributed by atoms with E-state index >= 15 is 0 Å². The molecule has 1 fully saturated rings. The number of hydrogen-bond acceptors (Lipinski definition) is 4. The number of aromatic nitrogens is 1. The summed E-state index contributed by atoms with van der Waals surface area (Å²) in [6.45, 7) is 2.68. The molecule has 0 bridgehead atoms. The van der Waals surface area contributed by atoms with Gasteiger partial charge in [0, 0.05) is 37.9 Å². The maximum Gasteiger partial charge on any atom is 0.278 e. The largest absolute Gasteiger partial charge is 0.299 e. The van der Waals surface area contributed by atoms with Gasteiger partial charge < -0.3 is 0 Å². The van der Waals surface area contributed by atoms with E-state index in [0.717, 1.165) is 38.2 Å². The molecule has 6 heteroatoms. The summed E-state index contributed by atoms with van der Waals surface area (Å²) in [7, 11) is 0. The van der Waals surface area contributed by atoms with Gasteiger partial charge in [0.25, 0.3) is 5.91 Å². The molecule has 3 aromatic rings. The number of rotatable bonds is 7. The Morgan fingerprint density at radius 3 is 2.33 bits per heavy atom. The fourth-order valence-corrected chi connectivity index (χ4v) is 4.16. The Hall–Kier alpha value is -3.61. The molecule has 1 aliphatic rings. The Morgan fingerprint density at radius 2 is 1.67 bits per heavy atom. The molecule has 4 rings (SSSR count). The molecule has 168 valence electrons. The van der Waals surface area contributed by atoms with Crippen molar-refractivity contribution in [3.8, 4) is 0 Å². The van der Waals surface area contributed by atoms with Gasteiger partial charge in [-0.15, -0.1) is 0 Å². The van der Waals surface area contributed by atoms with Crippen LogP contribution in [0, 0.1) is 5.41 Å². The number of carbonyl (C=O) groups excluding carboxylic acids is 1. The van der Waals surface area contributed by atoms with Gasteiger partial charge in [-0.2, -0.15) is 0 Å². The van der Waals surface area contributed by atoms with Crippen molar-refractivity contribution in [1.82, 2.24) is 14.8 Å². The van der Waals surface area contributed by atoms with Crippen molar-refractivity contribution in [2.45, 2.75) is 25.4 Å². The highest BCUT2D eigenvalue weighted by Crippen LogP contribution is 2.21. The van der Waals surface area contributed by atoms with Crippen LogP contribution in [-0.2, 0) is 6.54 Å².